The molecule has 0 unspecified atom stereocenters. The second-order valence-corrected chi connectivity index (χ2v) is 10.1. The van der Waals surface area contributed by atoms with Crippen LogP contribution in [-0.4, -0.2) is 27.7 Å². The first-order valence-corrected chi connectivity index (χ1v) is 10.0. The zero-order chi connectivity index (χ0) is 15.5. The summed E-state index contributed by atoms with van der Waals surface area (Å²) in [6.07, 6.45) is 2.14. The van der Waals surface area contributed by atoms with Crippen LogP contribution in [-0.2, 0) is 4.79 Å². The van der Waals surface area contributed by atoms with Gasteiger partial charge in [0.05, 0.1) is 16.7 Å². The molecule has 7 heteroatoms. The third kappa shape index (κ3) is 5.01. The molecule has 0 bridgehead atoms. The highest BCUT2D eigenvalue weighted by atomic mass is 79.9. The molecule has 0 atom stereocenters. The maximum atomic E-state index is 11.9. The van der Waals surface area contributed by atoms with Crippen molar-refractivity contribution in [3.8, 4) is 0 Å². The van der Waals surface area contributed by atoms with Gasteiger partial charge in [0.15, 0.2) is 0 Å². The van der Waals surface area contributed by atoms with Crippen molar-refractivity contribution >= 4 is 67.5 Å². The van der Waals surface area contributed by atoms with E-state index in [9.17, 15) is 4.79 Å². The van der Waals surface area contributed by atoms with Crippen molar-refractivity contribution in [1.82, 2.24) is 5.43 Å². The third-order valence-corrected chi connectivity index (χ3v) is 8.03. The van der Waals surface area contributed by atoms with Crippen LogP contribution in [0.25, 0.3) is 0 Å². The maximum absolute atomic E-state index is 11.9. The van der Waals surface area contributed by atoms with E-state index in [0.29, 0.717) is 6.42 Å². The predicted octanol–water partition coefficient (Wildman–Crippen LogP) is 4.56. The summed E-state index contributed by atoms with van der Waals surface area (Å²) in [5, 5.41) is 4.04. The average molecular weight is 452 g/mol. The van der Waals surface area contributed by atoms with E-state index in [0.717, 1.165) is 31.6 Å². The van der Waals surface area contributed by atoms with Gasteiger partial charge in [0.25, 0.3) is 0 Å². The third-order valence-electron chi connectivity index (χ3n) is 3.09. The van der Waals surface area contributed by atoms with E-state index in [1.807, 2.05) is 42.6 Å². The molecule has 0 aliphatic carbocycles. The summed E-state index contributed by atoms with van der Waals surface area (Å²) < 4.78 is 2.02. The van der Waals surface area contributed by atoms with E-state index < -0.39 is 0 Å². The smallest absolute Gasteiger partial charge is 0.242 e. The number of carbonyl (C=O) groups excluding carboxylic acids is 1. The van der Waals surface area contributed by atoms with E-state index in [1.54, 1.807) is 6.21 Å². The number of nitrogens with one attached hydrogen (secondary N) is 1. The zero-order valence-corrected chi connectivity index (χ0v) is 16.6. The summed E-state index contributed by atoms with van der Waals surface area (Å²) in [5.41, 5.74) is 4.67. The van der Waals surface area contributed by atoms with Gasteiger partial charge in [0, 0.05) is 20.5 Å². The molecule has 2 rings (SSSR count). The van der Waals surface area contributed by atoms with Crippen molar-refractivity contribution < 1.29 is 4.79 Å². The molecule has 114 valence electrons. The number of benzene rings is 1. The highest BCUT2D eigenvalue weighted by Crippen LogP contribution is 2.45. The van der Waals surface area contributed by atoms with Crippen molar-refractivity contribution in [3.05, 3.63) is 32.2 Å². The number of halogens is 2. The summed E-state index contributed by atoms with van der Waals surface area (Å²) in [5.74, 6) is 2.19. The number of thioether (sulfide) groups is 2. The highest BCUT2D eigenvalue weighted by Gasteiger charge is 2.32. The minimum atomic E-state index is -0.0408. The van der Waals surface area contributed by atoms with Crippen molar-refractivity contribution in [2.75, 3.05) is 11.5 Å². The Kier molecular flexibility index (Phi) is 6.23. The second-order valence-electron chi connectivity index (χ2n) is 4.91. The SMILES string of the molecule is Cc1c(Br)cc(C=NNC(=O)CC2(C)SCCS2)cc1Br. The van der Waals surface area contributed by atoms with Gasteiger partial charge in [-0.05, 0) is 37.1 Å². The maximum Gasteiger partial charge on any atom is 0.242 e. The molecule has 1 aliphatic rings. The highest BCUT2D eigenvalue weighted by molar-refractivity contribution is 9.11. The molecule has 1 N–H and O–H groups in total. The number of hydrogen-bond acceptors (Lipinski definition) is 4. The molecule has 0 radical (unpaired) electrons. The van der Waals surface area contributed by atoms with Crippen LogP contribution in [0.5, 0.6) is 0 Å². The van der Waals surface area contributed by atoms with Gasteiger partial charge in [-0.3, -0.25) is 4.79 Å². The van der Waals surface area contributed by atoms with Crippen LogP contribution in [0.4, 0.5) is 0 Å². The standard InChI is InChI=1S/C14H16Br2N2OS2/c1-9-11(15)5-10(6-12(9)16)8-17-18-13(19)7-14(2)20-3-4-21-14/h5-6,8H,3-4,7H2,1-2H3,(H,18,19). The molecule has 0 aromatic heterocycles. The first-order valence-electron chi connectivity index (χ1n) is 6.45. The minimum Gasteiger partial charge on any atom is -0.273 e. The zero-order valence-electron chi connectivity index (χ0n) is 11.8. The lowest BCUT2D eigenvalue weighted by Crippen LogP contribution is -2.26. The summed E-state index contributed by atoms with van der Waals surface area (Å²) in [6.45, 7) is 4.14. The fraction of sp³-hybridized carbons (Fsp3) is 0.429. The van der Waals surface area contributed by atoms with E-state index in [1.165, 1.54) is 0 Å². The van der Waals surface area contributed by atoms with E-state index in [2.05, 4.69) is 49.3 Å². The Morgan fingerprint density at radius 2 is 1.95 bits per heavy atom. The van der Waals surface area contributed by atoms with E-state index >= 15 is 0 Å². The number of carbonyl (C=O) groups is 1. The lowest BCUT2D eigenvalue weighted by molar-refractivity contribution is -0.121. The topological polar surface area (TPSA) is 41.5 Å². The van der Waals surface area contributed by atoms with Gasteiger partial charge >= 0.3 is 0 Å². The molecule has 1 aromatic carbocycles. The molecule has 21 heavy (non-hydrogen) atoms. The molecule has 1 amide bonds. The number of amides is 1. The molecule has 0 saturated carbocycles. The van der Waals surface area contributed by atoms with Crippen LogP contribution >= 0.6 is 55.4 Å². The summed E-state index contributed by atoms with van der Waals surface area (Å²) >= 11 is 10.7. The van der Waals surface area contributed by atoms with E-state index in [-0.39, 0.29) is 9.99 Å². The van der Waals surface area contributed by atoms with Gasteiger partial charge in [0.2, 0.25) is 5.91 Å². The predicted molar refractivity (Wildman–Crippen MR) is 100 cm³/mol. The molecule has 3 nitrogen and oxygen atoms in total. The number of rotatable bonds is 4. The molecule has 1 heterocycles. The van der Waals surface area contributed by atoms with Gasteiger partial charge in [0.1, 0.15) is 0 Å². The van der Waals surface area contributed by atoms with Crippen LogP contribution in [0, 0.1) is 6.92 Å². The monoisotopic (exact) mass is 450 g/mol. The number of nitrogens with zero attached hydrogens (tertiary/aromatic N) is 1. The average Bonchev–Trinajstić information content (AvgIpc) is 2.82. The normalized spacial score (nSPS) is 17.3. The Morgan fingerprint density at radius 1 is 1.38 bits per heavy atom. The summed E-state index contributed by atoms with van der Waals surface area (Å²) in [4.78, 5) is 11.9. The Labute approximate surface area is 150 Å². The summed E-state index contributed by atoms with van der Waals surface area (Å²) in [7, 11) is 0. The van der Waals surface area contributed by atoms with Crippen molar-refractivity contribution in [2.45, 2.75) is 24.3 Å². The Morgan fingerprint density at radius 3 is 2.52 bits per heavy atom. The number of hydrazone groups is 1. The van der Waals surface area contributed by atoms with Gasteiger partial charge in [-0.15, -0.1) is 23.5 Å². The molecule has 1 aromatic rings. The molecule has 1 fully saturated rings. The van der Waals surface area contributed by atoms with E-state index in [4.69, 9.17) is 0 Å². The first kappa shape index (κ1) is 17.4. The second kappa shape index (κ2) is 7.53. The van der Waals surface area contributed by atoms with Crippen molar-refractivity contribution in [1.29, 1.82) is 0 Å². The van der Waals surface area contributed by atoms with Crippen molar-refractivity contribution in [2.24, 2.45) is 5.10 Å². The lowest BCUT2D eigenvalue weighted by Gasteiger charge is -2.19. The Balaban J connectivity index is 1.91. The van der Waals surface area contributed by atoms with Crippen LogP contribution in [0.1, 0.15) is 24.5 Å². The Hall–Kier alpha value is 0.0200. The molecule has 0 spiro atoms. The van der Waals surface area contributed by atoms with Crippen LogP contribution < -0.4 is 5.43 Å². The molecular formula is C14H16Br2N2OS2. The minimum absolute atomic E-state index is 0.00445. The lowest BCUT2D eigenvalue weighted by atomic mass is 10.2. The largest absolute Gasteiger partial charge is 0.273 e. The molecular weight excluding hydrogens is 436 g/mol. The summed E-state index contributed by atoms with van der Waals surface area (Å²) in [6, 6.07) is 3.94. The van der Waals surface area contributed by atoms with Gasteiger partial charge in [-0.2, -0.15) is 5.10 Å². The van der Waals surface area contributed by atoms with Crippen LogP contribution in [0.2, 0.25) is 0 Å². The van der Waals surface area contributed by atoms with Crippen LogP contribution in [0.15, 0.2) is 26.2 Å². The first-order chi connectivity index (χ1) is 9.89. The van der Waals surface area contributed by atoms with Gasteiger partial charge in [-0.25, -0.2) is 5.43 Å². The quantitative estimate of drug-likeness (QED) is 0.538. The molecule has 1 aliphatic heterocycles. The fourth-order valence-corrected chi connectivity index (χ4v) is 5.96. The Bertz CT molecular complexity index is 549. The number of hydrogen-bond donors (Lipinski definition) is 1. The van der Waals surface area contributed by atoms with Crippen molar-refractivity contribution in [3.63, 3.8) is 0 Å². The fourth-order valence-electron chi connectivity index (χ4n) is 1.91. The van der Waals surface area contributed by atoms with Crippen LogP contribution in [0.3, 0.4) is 0 Å². The van der Waals surface area contributed by atoms with Gasteiger partial charge < -0.3 is 0 Å². The van der Waals surface area contributed by atoms with Gasteiger partial charge in [-0.1, -0.05) is 31.9 Å². The molecule has 1 saturated heterocycles.